The Morgan fingerprint density at radius 3 is 2.33 bits per heavy atom. The van der Waals surface area contributed by atoms with Crippen molar-refractivity contribution >= 4 is 15.9 Å². The van der Waals surface area contributed by atoms with Crippen LogP contribution in [0.3, 0.4) is 0 Å². The van der Waals surface area contributed by atoms with Crippen LogP contribution in [-0.4, -0.2) is 0 Å². The first kappa shape index (κ1) is 15.6. The standard InChI is InChI=1S/C17H17BrN2O/c1-10-6-13(9-19)7-11(2)17(10)21-16-5-4-14(18)8-15(16)12(3)20/h4-8,12H,20H2,1-3H3. The van der Waals surface area contributed by atoms with Crippen molar-refractivity contribution in [1.29, 1.82) is 5.26 Å². The second-order valence-corrected chi connectivity index (χ2v) is 6.04. The molecule has 4 heteroatoms. The molecule has 0 aliphatic heterocycles. The Bertz CT molecular complexity index is 694. The summed E-state index contributed by atoms with van der Waals surface area (Å²) in [6.45, 7) is 5.80. The number of hydrogen-bond acceptors (Lipinski definition) is 3. The first-order valence-electron chi connectivity index (χ1n) is 6.66. The van der Waals surface area contributed by atoms with E-state index in [1.165, 1.54) is 0 Å². The zero-order chi connectivity index (χ0) is 15.6. The molecule has 1 atom stereocenters. The number of nitrogens with zero attached hydrogens (tertiary/aromatic N) is 1. The van der Waals surface area contributed by atoms with Crippen LogP contribution in [-0.2, 0) is 0 Å². The van der Waals surface area contributed by atoms with Crippen LogP contribution < -0.4 is 10.5 Å². The fourth-order valence-electron chi connectivity index (χ4n) is 2.25. The lowest BCUT2D eigenvalue weighted by Gasteiger charge is -2.17. The summed E-state index contributed by atoms with van der Waals surface area (Å²) in [6.07, 6.45) is 0. The topological polar surface area (TPSA) is 59.0 Å². The van der Waals surface area contributed by atoms with E-state index in [0.29, 0.717) is 5.56 Å². The van der Waals surface area contributed by atoms with Crippen LogP contribution >= 0.6 is 15.9 Å². The normalized spacial score (nSPS) is 11.8. The molecular formula is C17H17BrN2O. The molecule has 0 spiro atoms. The molecule has 0 radical (unpaired) electrons. The van der Waals surface area contributed by atoms with E-state index in [2.05, 4.69) is 22.0 Å². The number of aryl methyl sites for hydroxylation is 2. The van der Waals surface area contributed by atoms with Crippen LogP contribution in [0.25, 0.3) is 0 Å². The van der Waals surface area contributed by atoms with Crippen LogP contribution in [0.2, 0.25) is 0 Å². The summed E-state index contributed by atoms with van der Waals surface area (Å²) in [5, 5.41) is 9.00. The molecule has 0 saturated carbocycles. The van der Waals surface area contributed by atoms with Crippen molar-refractivity contribution in [2.45, 2.75) is 26.8 Å². The van der Waals surface area contributed by atoms with Gasteiger partial charge in [0.15, 0.2) is 0 Å². The third-order valence-corrected chi connectivity index (χ3v) is 3.76. The summed E-state index contributed by atoms with van der Waals surface area (Å²) in [5.74, 6) is 1.52. The average Bonchev–Trinajstić information content (AvgIpc) is 2.43. The van der Waals surface area contributed by atoms with Crippen molar-refractivity contribution in [2.75, 3.05) is 0 Å². The maximum atomic E-state index is 9.00. The number of nitrogens with two attached hydrogens (primary N) is 1. The van der Waals surface area contributed by atoms with E-state index in [0.717, 1.165) is 32.7 Å². The fraction of sp³-hybridized carbons (Fsp3) is 0.235. The summed E-state index contributed by atoms with van der Waals surface area (Å²) in [4.78, 5) is 0. The third kappa shape index (κ3) is 3.44. The molecule has 0 aliphatic rings. The number of nitriles is 1. The molecule has 3 nitrogen and oxygen atoms in total. The van der Waals surface area contributed by atoms with Crippen molar-refractivity contribution in [2.24, 2.45) is 5.73 Å². The van der Waals surface area contributed by atoms with E-state index in [-0.39, 0.29) is 6.04 Å². The van der Waals surface area contributed by atoms with Crippen molar-refractivity contribution < 1.29 is 4.74 Å². The van der Waals surface area contributed by atoms with Gasteiger partial charge in [0, 0.05) is 16.1 Å². The van der Waals surface area contributed by atoms with Gasteiger partial charge >= 0.3 is 0 Å². The van der Waals surface area contributed by atoms with E-state index < -0.39 is 0 Å². The largest absolute Gasteiger partial charge is 0.456 e. The van der Waals surface area contributed by atoms with Crippen molar-refractivity contribution in [3.8, 4) is 17.6 Å². The highest BCUT2D eigenvalue weighted by Gasteiger charge is 2.13. The zero-order valence-corrected chi connectivity index (χ0v) is 13.9. The average molecular weight is 345 g/mol. The second kappa shape index (κ2) is 6.30. The summed E-state index contributed by atoms with van der Waals surface area (Å²) in [7, 11) is 0. The summed E-state index contributed by atoms with van der Waals surface area (Å²) >= 11 is 3.45. The molecular weight excluding hydrogens is 328 g/mol. The maximum absolute atomic E-state index is 9.00. The molecule has 2 aromatic rings. The number of ether oxygens (including phenoxy) is 1. The van der Waals surface area contributed by atoms with Crippen LogP contribution in [0.5, 0.6) is 11.5 Å². The molecule has 0 heterocycles. The van der Waals surface area contributed by atoms with Crippen molar-refractivity contribution in [3.05, 3.63) is 57.1 Å². The molecule has 21 heavy (non-hydrogen) atoms. The molecule has 0 saturated heterocycles. The summed E-state index contributed by atoms with van der Waals surface area (Å²) in [5.41, 5.74) is 9.46. The minimum absolute atomic E-state index is 0.128. The van der Waals surface area contributed by atoms with Gasteiger partial charge in [-0.2, -0.15) is 5.26 Å². The van der Waals surface area contributed by atoms with E-state index in [1.54, 1.807) is 0 Å². The van der Waals surface area contributed by atoms with E-state index in [1.807, 2.05) is 51.1 Å². The lowest BCUT2D eigenvalue weighted by atomic mass is 10.1. The molecule has 108 valence electrons. The Morgan fingerprint density at radius 2 is 1.81 bits per heavy atom. The van der Waals surface area contributed by atoms with Gasteiger partial charge in [-0.25, -0.2) is 0 Å². The Hall–Kier alpha value is -1.83. The quantitative estimate of drug-likeness (QED) is 0.873. The molecule has 0 fully saturated rings. The van der Waals surface area contributed by atoms with Gasteiger partial charge < -0.3 is 10.5 Å². The minimum Gasteiger partial charge on any atom is -0.456 e. The number of rotatable bonds is 3. The van der Waals surface area contributed by atoms with Gasteiger partial charge in [-0.05, 0) is 62.2 Å². The van der Waals surface area contributed by atoms with Crippen LogP contribution in [0.15, 0.2) is 34.8 Å². The molecule has 0 aromatic heterocycles. The van der Waals surface area contributed by atoms with E-state index >= 15 is 0 Å². The zero-order valence-electron chi connectivity index (χ0n) is 12.3. The SMILES string of the molecule is Cc1cc(C#N)cc(C)c1Oc1ccc(Br)cc1C(C)N. The van der Waals surface area contributed by atoms with Gasteiger partial charge in [-0.1, -0.05) is 15.9 Å². The van der Waals surface area contributed by atoms with Crippen LogP contribution in [0.1, 0.15) is 35.2 Å². The highest BCUT2D eigenvalue weighted by molar-refractivity contribution is 9.10. The Kier molecular flexibility index (Phi) is 4.66. The first-order chi connectivity index (χ1) is 9.92. The monoisotopic (exact) mass is 344 g/mol. The lowest BCUT2D eigenvalue weighted by molar-refractivity contribution is 0.465. The molecule has 2 aromatic carbocycles. The van der Waals surface area contributed by atoms with Gasteiger partial charge in [0.25, 0.3) is 0 Å². The summed E-state index contributed by atoms with van der Waals surface area (Å²) < 4.78 is 7.04. The lowest BCUT2D eigenvalue weighted by Crippen LogP contribution is -2.07. The Labute approximate surface area is 133 Å². The number of benzene rings is 2. The van der Waals surface area contributed by atoms with Gasteiger partial charge in [-0.3, -0.25) is 0 Å². The van der Waals surface area contributed by atoms with E-state index in [4.69, 9.17) is 15.7 Å². The van der Waals surface area contributed by atoms with Crippen molar-refractivity contribution in [3.63, 3.8) is 0 Å². The molecule has 2 rings (SSSR count). The molecule has 1 unspecified atom stereocenters. The smallest absolute Gasteiger partial charge is 0.133 e. The van der Waals surface area contributed by atoms with Crippen LogP contribution in [0, 0.1) is 25.2 Å². The predicted octanol–water partition coefficient (Wildman–Crippen LogP) is 4.75. The maximum Gasteiger partial charge on any atom is 0.133 e. The highest BCUT2D eigenvalue weighted by atomic mass is 79.9. The Balaban J connectivity index is 2.46. The van der Waals surface area contributed by atoms with Crippen molar-refractivity contribution in [1.82, 2.24) is 0 Å². The highest BCUT2D eigenvalue weighted by Crippen LogP contribution is 2.34. The van der Waals surface area contributed by atoms with Gasteiger partial charge in [0.05, 0.1) is 11.6 Å². The van der Waals surface area contributed by atoms with Gasteiger partial charge in [0.2, 0.25) is 0 Å². The Morgan fingerprint density at radius 1 is 1.19 bits per heavy atom. The van der Waals surface area contributed by atoms with Gasteiger partial charge in [0.1, 0.15) is 11.5 Å². The first-order valence-corrected chi connectivity index (χ1v) is 7.46. The molecule has 0 amide bonds. The molecule has 0 aliphatic carbocycles. The van der Waals surface area contributed by atoms with Gasteiger partial charge in [-0.15, -0.1) is 0 Å². The van der Waals surface area contributed by atoms with Crippen LogP contribution in [0.4, 0.5) is 0 Å². The predicted molar refractivity (Wildman–Crippen MR) is 87.4 cm³/mol. The fourth-order valence-corrected chi connectivity index (χ4v) is 2.63. The molecule has 0 bridgehead atoms. The number of hydrogen-bond donors (Lipinski definition) is 1. The molecule has 2 N–H and O–H groups in total. The van der Waals surface area contributed by atoms with E-state index in [9.17, 15) is 0 Å². The third-order valence-electron chi connectivity index (χ3n) is 3.26. The summed E-state index contributed by atoms with van der Waals surface area (Å²) in [6, 6.07) is 11.5. The minimum atomic E-state index is -0.128. The number of halogens is 1. The second-order valence-electron chi connectivity index (χ2n) is 5.12.